The fraction of sp³-hybridized carbons (Fsp3) is 0.238. The second-order valence-electron chi connectivity index (χ2n) is 20.6. The molecule has 0 aliphatic heterocycles. The number of furan rings is 2. The molecule has 6 heteroatoms. The number of para-hydroxylation sites is 2. The fourth-order valence-corrected chi connectivity index (χ4v) is 9.35. The molecule has 0 N–H and O–H groups in total. The average molecular weight is 1080 g/mol. The van der Waals surface area contributed by atoms with Gasteiger partial charge in [-0.15, -0.1) is 54.1 Å². The molecule has 0 aliphatic rings. The van der Waals surface area contributed by atoms with Gasteiger partial charge in [0.25, 0.3) is 0 Å². The van der Waals surface area contributed by atoms with Crippen LogP contribution in [0.5, 0.6) is 0 Å². The second-order valence-corrected chi connectivity index (χ2v) is 20.6. The number of fused-ring (bicyclic) bond motifs is 7. The van der Waals surface area contributed by atoms with Crippen LogP contribution in [-0.4, -0.2) is 14.5 Å². The Morgan fingerprint density at radius 1 is 0.623 bits per heavy atom. The standard InChI is InChI=1S/C48H43N2O2.C15H16N.Ir/c1-28(2)36-23-32(30-15-9-8-10-16-30)24-37(29(3)4)45(36)50-44-31(27-48(5,6)7)17-13-21-40(44)49-47(50)35-20-14-19-34-39-26-42-38(25-43(39)52-46(34)35)33-18-11-12-22-41(33)51-42;1-15(2,3)13-9-10-16-14(11-13)12-7-5-4-6-8-12;/h8-19,21-26,28-29H,27H2,1-7H3;4-7,9-11H,1-3H3;/q2*-1;/i27D2;;. The van der Waals surface area contributed by atoms with Gasteiger partial charge < -0.3 is 18.4 Å². The maximum absolute atomic E-state index is 9.60. The molecule has 349 valence electrons. The van der Waals surface area contributed by atoms with Crippen LogP contribution in [-0.2, 0) is 31.9 Å². The van der Waals surface area contributed by atoms with Crippen LogP contribution in [0.4, 0.5) is 0 Å². The van der Waals surface area contributed by atoms with E-state index in [9.17, 15) is 2.74 Å². The zero-order valence-corrected chi connectivity index (χ0v) is 43.5. The molecule has 0 unspecified atom stereocenters. The number of rotatable bonds is 7. The third-order valence-corrected chi connectivity index (χ3v) is 12.7. The summed E-state index contributed by atoms with van der Waals surface area (Å²) < 4.78 is 34.6. The molecule has 0 fully saturated rings. The smallest absolute Gasteiger partial charge is 0.136 e. The predicted octanol–water partition coefficient (Wildman–Crippen LogP) is 17.6. The van der Waals surface area contributed by atoms with Gasteiger partial charge in [0.1, 0.15) is 16.7 Å². The summed E-state index contributed by atoms with van der Waals surface area (Å²) in [6.45, 7) is 21.4. The molecule has 0 spiro atoms. The summed E-state index contributed by atoms with van der Waals surface area (Å²) in [5.74, 6) is 0.959. The van der Waals surface area contributed by atoms with Crippen LogP contribution in [0.3, 0.4) is 0 Å². The van der Waals surface area contributed by atoms with E-state index in [4.69, 9.17) is 13.8 Å². The molecule has 0 aliphatic carbocycles. The van der Waals surface area contributed by atoms with Gasteiger partial charge in [-0.2, -0.15) is 0 Å². The van der Waals surface area contributed by atoms with E-state index in [0.29, 0.717) is 17.0 Å². The van der Waals surface area contributed by atoms with Gasteiger partial charge in [-0.3, -0.25) is 4.98 Å². The SMILES string of the molecule is CC(C)(C)c1ccnc(-c2[c-]cccc2)c1.[2H]C([2H])(c1cccc2nc(-c3[c-]ccc4c3oc3cc5c(cc34)oc3ccccc35)n(-c3c(C(C)C)cc(-c4ccccc4)cc3C(C)C)c12)C(C)(C)C.[Ir]. The fourth-order valence-electron chi connectivity index (χ4n) is 9.35. The molecule has 11 rings (SSSR count). The van der Waals surface area contributed by atoms with Gasteiger partial charge >= 0.3 is 0 Å². The molecule has 69 heavy (non-hydrogen) atoms. The Bertz CT molecular complexity index is 3690. The van der Waals surface area contributed by atoms with E-state index in [1.807, 2.05) is 106 Å². The molecule has 0 saturated heterocycles. The summed E-state index contributed by atoms with van der Waals surface area (Å²) >= 11 is 0. The summed E-state index contributed by atoms with van der Waals surface area (Å²) in [6, 6.07) is 56.1. The molecule has 11 aromatic rings. The summed E-state index contributed by atoms with van der Waals surface area (Å²) in [6.07, 6.45) is 0.185. The third kappa shape index (κ3) is 9.21. The van der Waals surface area contributed by atoms with Crippen molar-refractivity contribution >= 4 is 54.9 Å². The van der Waals surface area contributed by atoms with E-state index in [0.717, 1.165) is 94.1 Å². The number of hydrogen-bond acceptors (Lipinski definition) is 4. The van der Waals surface area contributed by atoms with Crippen molar-refractivity contribution in [2.24, 2.45) is 5.41 Å². The Morgan fingerprint density at radius 3 is 1.99 bits per heavy atom. The van der Waals surface area contributed by atoms with E-state index in [-0.39, 0.29) is 37.4 Å². The molecule has 7 aromatic carbocycles. The molecule has 4 aromatic heterocycles. The average Bonchev–Trinajstić information content (AvgIpc) is 4.04. The van der Waals surface area contributed by atoms with Gasteiger partial charge in [-0.25, -0.2) is 0 Å². The van der Waals surface area contributed by atoms with Crippen molar-refractivity contribution in [1.82, 2.24) is 14.5 Å². The number of imidazole rings is 1. The van der Waals surface area contributed by atoms with E-state index < -0.39 is 11.8 Å². The summed E-state index contributed by atoms with van der Waals surface area (Å²) in [5, 5.41) is 3.95. The minimum atomic E-state index is -1.69. The van der Waals surface area contributed by atoms with Crippen molar-refractivity contribution in [2.75, 3.05) is 0 Å². The minimum Gasteiger partial charge on any atom is -0.501 e. The maximum Gasteiger partial charge on any atom is 0.136 e. The zero-order valence-electron chi connectivity index (χ0n) is 43.1. The van der Waals surface area contributed by atoms with Crippen molar-refractivity contribution in [3.8, 4) is 39.5 Å². The van der Waals surface area contributed by atoms with E-state index in [1.54, 1.807) is 0 Å². The van der Waals surface area contributed by atoms with Crippen LogP contribution < -0.4 is 0 Å². The molecule has 1 radical (unpaired) electrons. The van der Waals surface area contributed by atoms with Crippen LogP contribution in [0.25, 0.3) is 94.4 Å². The Balaban J connectivity index is 0.000000313. The number of hydrogen-bond donors (Lipinski definition) is 0. The monoisotopic (exact) mass is 1080 g/mol. The maximum atomic E-state index is 9.60. The van der Waals surface area contributed by atoms with Crippen LogP contribution >= 0.6 is 0 Å². The molecule has 5 nitrogen and oxygen atoms in total. The Morgan fingerprint density at radius 2 is 1.30 bits per heavy atom. The normalized spacial score (nSPS) is 12.8. The number of aromatic nitrogens is 3. The molecule has 0 saturated carbocycles. The number of nitrogens with zero attached hydrogens (tertiary/aromatic N) is 3. The molecule has 0 atom stereocenters. The first-order chi connectivity index (χ1) is 33.4. The zero-order chi connectivity index (χ0) is 49.3. The van der Waals surface area contributed by atoms with Gasteiger partial charge in [-0.1, -0.05) is 147 Å². The van der Waals surface area contributed by atoms with Gasteiger partial charge in [0.05, 0.1) is 22.4 Å². The Kier molecular flexibility index (Phi) is 12.2. The summed E-state index contributed by atoms with van der Waals surface area (Å²) in [7, 11) is 0. The van der Waals surface area contributed by atoms with Crippen LogP contribution in [0.2, 0.25) is 0 Å². The van der Waals surface area contributed by atoms with Crippen LogP contribution in [0.1, 0.15) is 106 Å². The van der Waals surface area contributed by atoms with E-state index >= 15 is 0 Å². The first-order valence-electron chi connectivity index (χ1n) is 24.8. The largest absolute Gasteiger partial charge is 0.501 e. The topological polar surface area (TPSA) is 57.0 Å². The van der Waals surface area contributed by atoms with Crippen molar-refractivity contribution < 1.29 is 31.7 Å². The van der Waals surface area contributed by atoms with E-state index in [2.05, 4.69) is 137 Å². The quantitative estimate of drug-likeness (QED) is 0.149. The molecule has 0 amide bonds. The Hall–Kier alpha value is -6.59. The third-order valence-electron chi connectivity index (χ3n) is 12.7. The van der Waals surface area contributed by atoms with Crippen molar-refractivity contribution in [1.29, 1.82) is 0 Å². The summed E-state index contributed by atoms with van der Waals surface area (Å²) in [4.78, 5) is 9.78. The van der Waals surface area contributed by atoms with Crippen LogP contribution in [0.15, 0.2) is 161 Å². The van der Waals surface area contributed by atoms with Gasteiger partial charge in [0.2, 0.25) is 0 Å². The van der Waals surface area contributed by atoms with Gasteiger partial charge in [-0.05, 0) is 111 Å². The first kappa shape index (κ1) is 44.9. The molecular formula is C63H59IrN3O2-2. The second kappa shape index (κ2) is 18.7. The van der Waals surface area contributed by atoms with Crippen molar-refractivity contribution in [2.45, 2.75) is 92.9 Å². The molecule has 0 bridgehead atoms. The van der Waals surface area contributed by atoms with Crippen LogP contribution in [0, 0.1) is 17.5 Å². The number of pyridine rings is 1. The van der Waals surface area contributed by atoms with Gasteiger partial charge in [0, 0.05) is 50.9 Å². The predicted molar refractivity (Wildman–Crippen MR) is 284 cm³/mol. The van der Waals surface area contributed by atoms with Gasteiger partial charge in [0.15, 0.2) is 0 Å². The van der Waals surface area contributed by atoms with E-state index in [1.165, 1.54) is 5.56 Å². The molecular weight excluding hydrogens is 1020 g/mol. The minimum absolute atomic E-state index is 0. The number of benzene rings is 7. The van der Waals surface area contributed by atoms with Crippen molar-refractivity contribution in [3.05, 3.63) is 186 Å². The van der Waals surface area contributed by atoms with Crippen molar-refractivity contribution in [3.63, 3.8) is 0 Å². The molecule has 4 heterocycles. The first-order valence-corrected chi connectivity index (χ1v) is 23.8. The summed E-state index contributed by atoms with van der Waals surface area (Å²) in [5.41, 5.74) is 14.4. The Labute approximate surface area is 422 Å².